The third-order valence-electron chi connectivity index (χ3n) is 18.5. The van der Waals surface area contributed by atoms with E-state index in [0.29, 0.717) is 10.7 Å². The van der Waals surface area contributed by atoms with Crippen LogP contribution in [-0.2, 0) is 33.4 Å². The van der Waals surface area contributed by atoms with Crippen LogP contribution in [0.4, 0.5) is 0 Å². The molecule has 0 saturated heterocycles. The van der Waals surface area contributed by atoms with Gasteiger partial charge in [-0.2, -0.15) is 25.5 Å². The van der Waals surface area contributed by atoms with Crippen molar-refractivity contribution in [2.24, 2.45) is 14.1 Å². The van der Waals surface area contributed by atoms with Crippen LogP contribution in [0.25, 0.3) is 0 Å². The van der Waals surface area contributed by atoms with Crippen LogP contribution in [0.5, 0.6) is 0 Å². The number of thioether (sulfide) groups is 1. The lowest BCUT2D eigenvalue weighted by Gasteiger charge is -2.45. The number of hydrogen-bond donors (Lipinski definition) is 0. The van der Waals surface area contributed by atoms with Gasteiger partial charge in [-0.3, -0.25) is 14.5 Å². The summed E-state index contributed by atoms with van der Waals surface area (Å²) in [7, 11) is 0.0914. The molecule has 20 nitrogen and oxygen atoms in total. The lowest BCUT2D eigenvalue weighted by Crippen LogP contribution is -2.55. The first kappa shape index (κ1) is 85.8. The first-order valence-electron chi connectivity index (χ1n) is 32.0. The summed E-state index contributed by atoms with van der Waals surface area (Å²) in [6.07, 6.45) is 0. The minimum atomic E-state index is -3.24. The number of hydrogen-bond acceptors (Lipinski definition) is 19. The predicted octanol–water partition coefficient (Wildman–Crippen LogP) is 15.5. The zero-order chi connectivity index (χ0) is 74.3. The Kier molecular flexibility index (Phi) is 31.8. The summed E-state index contributed by atoms with van der Waals surface area (Å²) in [6.45, 7) is 73.1. The molecule has 2 aliphatic heterocycles. The van der Waals surface area contributed by atoms with Crippen molar-refractivity contribution >= 4 is 21.6 Å². The molecule has 95 heavy (non-hydrogen) atoms. The average molecular weight is 1350 g/mol. The maximum absolute atomic E-state index is 12.1. The van der Waals surface area contributed by atoms with Crippen molar-refractivity contribution in [3.8, 4) is 0 Å². The summed E-state index contributed by atoms with van der Waals surface area (Å²) in [6, 6.07) is 0. The fourth-order valence-electron chi connectivity index (χ4n) is 8.64. The topological polar surface area (TPSA) is 247 Å². The molecule has 0 saturated carbocycles. The van der Waals surface area contributed by atoms with Crippen molar-refractivity contribution in [2.75, 3.05) is 0 Å². The molecule has 526 valence electrons. The summed E-state index contributed by atoms with van der Waals surface area (Å²) in [4.78, 5) is 46.5. The Bertz CT molecular complexity index is 3680. The van der Waals surface area contributed by atoms with Crippen LogP contribution in [-0.4, -0.2) is 104 Å². The largest absolute Gasteiger partial charge is 0.490 e. The summed E-state index contributed by atoms with van der Waals surface area (Å²) >= 11 is 1.91. The number of ether oxygens (including phenoxy) is 2. The van der Waals surface area contributed by atoms with Gasteiger partial charge in [0.1, 0.15) is 50.8 Å². The molecule has 0 unspecified atom stereocenters. The molecule has 2 aliphatic rings. The van der Waals surface area contributed by atoms with Crippen molar-refractivity contribution in [1.29, 1.82) is 0 Å². The van der Waals surface area contributed by atoms with Gasteiger partial charge in [-0.25, -0.2) is 47.8 Å². The molecule has 9 rings (SSSR count). The van der Waals surface area contributed by atoms with Gasteiger partial charge in [-0.15, -0.1) is 11.8 Å². The summed E-state index contributed by atoms with van der Waals surface area (Å²) in [5.41, 5.74) is 22.6. The third-order valence-corrected chi connectivity index (χ3v) is 23.0. The molecule has 22 heteroatoms. The highest BCUT2D eigenvalue weighted by atomic mass is 32.2. The smallest absolute Gasteiger partial charge is 0.345 e. The highest BCUT2D eigenvalue weighted by Crippen LogP contribution is 2.48. The molecule has 0 bridgehead atoms. The first-order valence-corrected chi connectivity index (χ1v) is 34.3. The van der Waals surface area contributed by atoms with Gasteiger partial charge in [0, 0.05) is 53.2 Å². The van der Waals surface area contributed by atoms with E-state index < -0.39 is 20.2 Å². The van der Waals surface area contributed by atoms with E-state index in [2.05, 4.69) is 128 Å². The monoisotopic (exact) mass is 1350 g/mol. The Morgan fingerprint density at radius 3 is 0.832 bits per heavy atom. The summed E-state index contributed by atoms with van der Waals surface area (Å²) in [5, 5.41) is 19.8. The zero-order valence-electron chi connectivity index (χ0n) is 65.6. The van der Waals surface area contributed by atoms with Crippen LogP contribution < -0.4 is 5.69 Å². The number of aromatic nitrogens is 15. The van der Waals surface area contributed by atoms with Crippen LogP contribution >= 0.6 is 11.8 Å². The van der Waals surface area contributed by atoms with Gasteiger partial charge in [0.15, 0.2) is 9.84 Å². The van der Waals surface area contributed by atoms with E-state index in [4.69, 9.17) is 9.47 Å². The Morgan fingerprint density at radius 1 is 0.347 bits per heavy atom. The average Bonchev–Trinajstić information content (AvgIpc) is 1.03. The molecular weight excluding hydrogens is 1230 g/mol. The normalized spacial score (nSPS) is 14.9. The van der Waals surface area contributed by atoms with E-state index >= 15 is 0 Å². The maximum Gasteiger partial charge on any atom is 0.345 e. The molecule has 0 aliphatic carbocycles. The van der Waals surface area contributed by atoms with Gasteiger partial charge >= 0.3 is 5.69 Å². The molecule has 0 amide bonds. The van der Waals surface area contributed by atoms with Gasteiger partial charge in [0.05, 0.1) is 55.2 Å². The van der Waals surface area contributed by atoms with E-state index in [0.717, 1.165) is 109 Å². The number of nitrogens with zero attached hydrogens (tertiary/aromatic N) is 15. The Morgan fingerprint density at radius 2 is 0.611 bits per heavy atom. The van der Waals surface area contributed by atoms with Gasteiger partial charge in [-0.05, 0) is 295 Å². The van der Waals surface area contributed by atoms with E-state index in [1.165, 1.54) is 53.1 Å². The predicted molar refractivity (Wildman–Crippen MR) is 391 cm³/mol. The zero-order valence-corrected chi connectivity index (χ0v) is 67.2. The summed E-state index contributed by atoms with van der Waals surface area (Å²) in [5.74, 6) is 4.91. The second kappa shape index (κ2) is 35.2. The lowest BCUT2D eigenvalue weighted by atomic mass is 9.93. The van der Waals surface area contributed by atoms with E-state index in [-0.39, 0.29) is 16.0 Å². The molecule has 0 atom stereocenters. The molecule has 7 aromatic heterocycles. The molecule has 0 aromatic carbocycles. The molecule has 7 aromatic rings. The first-order chi connectivity index (χ1) is 43.1. The molecular formula is C73H117N15O5S2. The van der Waals surface area contributed by atoms with Crippen LogP contribution in [0.15, 0.2) is 26.1 Å². The minimum absolute atomic E-state index is 0.0682. The number of sulfone groups is 1. The van der Waals surface area contributed by atoms with Gasteiger partial charge in [0.25, 0.3) is 0 Å². The molecule has 0 radical (unpaired) electrons. The minimum Gasteiger partial charge on any atom is -0.490 e. The van der Waals surface area contributed by atoms with E-state index in [9.17, 15) is 13.2 Å². The van der Waals surface area contributed by atoms with Crippen LogP contribution in [0, 0.1) is 173 Å². The lowest BCUT2D eigenvalue weighted by molar-refractivity contribution is 0.00148. The number of aryl methyl sites for hydroxylation is 19. The Labute approximate surface area is 575 Å². The molecule has 0 fully saturated rings. The van der Waals surface area contributed by atoms with Crippen molar-refractivity contribution in [3.63, 3.8) is 0 Å². The van der Waals surface area contributed by atoms with Crippen molar-refractivity contribution in [2.45, 2.75) is 277 Å². The maximum atomic E-state index is 12.1. The second-order valence-corrected chi connectivity index (χ2v) is 31.1. The highest BCUT2D eigenvalue weighted by molar-refractivity contribution is 8.04. The third kappa shape index (κ3) is 23.6. The van der Waals surface area contributed by atoms with E-state index in [1.54, 1.807) is 62.6 Å². The van der Waals surface area contributed by atoms with E-state index in [1.807, 2.05) is 157 Å². The quantitative estimate of drug-likeness (QED) is 0.137. The second-order valence-electron chi connectivity index (χ2n) is 26.6. The fourth-order valence-corrected chi connectivity index (χ4v) is 11.8. The highest BCUT2D eigenvalue weighted by Gasteiger charge is 2.53. The summed E-state index contributed by atoms with van der Waals surface area (Å²) < 4.78 is 37.8. The fraction of sp³-hybridized carbons (Fsp3) is 0.589. The molecule has 0 spiro atoms. The van der Waals surface area contributed by atoms with Gasteiger partial charge < -0.3 is 9.47 Å². The Balaban J connectivity index is 0.000000536. The van der Waals surface area contributed by atoms with Crippen LogP contribution in [0.1, 0.15) is 225 Å². The van der Waals surface area contributed by atoms with Crippen molar-refractivity contribution in [3.05, 3.63) is 174 Å². The SMILES string of the molecule is CC1=C(C)S(=O)(=O)C(C)(C)C(C)(C)O1.CC1=C(C)SC(C)(C)C(C)(C)O1.Cc1nc(C)c(C)c(C)n1.Cc1nc(C)c(C)c(C)n1.Cc1nc(C)c(C)c(C)n1.Cc1nc(C)c(C)nc1C.Cc1nn(C)c(=O)n1C.Cc1nnc(C)c(C)c1C.Cc1nnc(C)c(C)c1C. The number of allylic oxidation sites excluding steroid dienone is 4. The van der Waals surface area contributed by atoms with Crippen LogP contribution in [0.3, 0.4) is 0 Å². The molecule has 9 heterocycles. The molecule has 0 N–H and O–H groups in total. The Hall–Kier alpha value is -7.20. The van der Waals surface area contributed by atoms with Gasteiger partial charge in [-0.1, -0.05) is 0 Å². The standard InChI is InChI=1S/C10H18O3S.C10H18OS.6C8H12N2.C5H9N3O/c1-7-8(2)14(11,12)10(5,6)9(3,4)13-7;1-7-8(2)12-10(5,6)9(3,4)11-7;1-5-6(2)10-8(4)7(3)9-5;3*1-5-6(2)9-8(4)10-7(5)3;2*1-5-6(2)8(4)10-9-7(5)3;1-4-6-8(3)5(9)7(4)2/h1-6H3;1-6H3;6*1-4H3;1-3H3. The number of rotatable bonds is 0. The van der Waals surface area contributed by atoms with Crippen molar-refractivity contribution in [1.82, 2.24) is 74.6 Å². The van der Waals surface area contributed by atoms with Crippen molar-refractivity contribution < 1.29 is 17.9 Å². The van der Waals surface area contributed by atoms with Gasteiger partial charge in [0.2, 0.25) is 0 Å². The van der Waals surface area contributed by atoms with Crippen LogP contribution in [0.2, 0.25) is 0 Å².